The summed E-state index contributed by atoms with van der Waals surface area (Å²) in [4.78, 5) is 17.4. The Morgan fingerprint density at radius 3 is 2.80 bits per heavy atom. The van der Waals surface area contributed by atoms with Gasteiger partial charge in [0.25, 0.3) is 5.91 Å². The Kier molecular flexibility index (Phi) is 4.57. The largest absolute Gasteiger partial charge is 0.361 e. The van der Waals surface area contributed by atoms with Gasteiger partial charge in [-0.2, -0.15) is 0 Å². The van der Waals surface area contributed by atoms with Crippen LogP contribution in [0, 0.1) is 5.92 Å². The van der Waals surface area contributed by atoms with E-state index < -0.39 is 0 Å². The van der Waals surface area contributed by atoms with Crippen LogP contribution in [0.5, 0.6) is 0 Å². The van der Waals surface area contributed by atoms with Crippen LogP contribution in [0.3, 0.4) is 0 Å². The molecule has 0 unspecified atom stereocenters. The van der Waals surface area contributed by atoms with E-state index in [0.29, 0.717) is 17.7 Å². The molecule has 1 amide bonds. The number of rotatable bonds is 4. The zero-order valence-electron chi connectivity index (χ0n) is 14.7. The van der Waals surface area contributed by atoms with Crippen molar-refractivity contribution in [1.29, 1.82) is 0 Å². The van der Waals surface area contributed by atoms with E-state index in [0.717, 1.165) is 38.4 Å². The molecule has 2 aromatic rings. The number of carbonyl (C=O) groups is 1. The summed E-state index contributed by atoms with van der Waals surface area (Å²) in [7, 11) is 0. The van der Waals surface area contributed by atoms with Gasteiger partial charge in [-0.15, -0.1) is 0 Å². The molecular weight excluding hydrogens is 314 g/mol. The molecule has 132 valence electrons. The van der Waals surface area contributed by atoms with Crippen molar-refractivity contribution < 1.29 is 9.32 Å². The van der Waals surface area contributed by atoms with Crippen LogP contribution in [0.15, 0.2) is 40.9 Å². The third-order valence-corrected chi connectivity index (χ3v) is 5.47. The number of hydrogen-bond acceptors (Lipinski definition) is 4. The molecule has 3 aliphatic rings. The zero-order chi connectivity index (χ0) is 17.2. The second kappa shape index (κ2) is 7.00. The van der Waals surface area contributed by atoms with Crippen molar-refractivity contribution in [2.45, 2.75) is 38.8 Å². The molecule has 1 aromatic carbocycles. The summed E-state index contributed by atoms with van der Waals surface area (Å²) in [5.74, 6) is 1.33. The number of amides is 1. The summed E-state index contributed by atoms with van der Waals surface area (Å²) in [5.41, 5.74) is 1.80. The summed E-state index contributed by atoms with van der Waals surface area (Å²) < 4.78 is 5.22. The lowest BCUT2D eigenvalue weighted by molar-refractivity contribution is 0.0725. The quantitative estimate of drug-likeness (QED) is 0.859. The van der Waals surface area contributed by atoms with Crippen molar-refractivity contribution in [3.05, 3.63) is 53.4 Å². The number of aryl methyl sites for hydroxylation is 1. The molecular formula is C20H25N3O2. The molecule has 0 aliphatic carbocycles. The van der Waals surface area contributed by atoms with Crippen LogP contribution < -0.4 is 0 Å². The Balaban J connectivity index is 1.48. The van der Waals surface area contributed by atoms with Gasteiger partial charge in [0, 0.05) is 44.7 Å². The van der Waals surface area contributed by atoms with Crippen molar-refractivity contribution in [1.82, 2.24) is 15.0 Å². The maximum absolute atomic E-state index is 12.9. The van der Waals surface area contributed by atoms with Crippen LogP contribution in [0.25, 0.3) is 0 Å². The lowest BCUT2D eigenvalue weighted by Gasteiger charge is -2.36. The van der Waals surface area contributed by atoms with Crippen LogP contribution in [0.4, 0.5) is 0 Å². The molecule has 5 heteroatoms. The summed E-state index contributed by atoms with van der Waals surface area (Å²) in [6.07, 6.45) is 3.13. The maximum Gasteiger partial charge on any atom is 0.276 e. The molecule has 3 aliphatic heterocycles. The van der Waals surface area contributed by atoms with E-state index in [4.69, 9.17) is 4.52 Å². The molecule has 3 fully saturated rings. The molecule has 5 nitrogen and oxygen atoms in total. The lowest BCUT2D eigenvalue weighted by Crippen LogP contribution is -2.43. The predicted molar refractivity (Wildman–Crippen MR) is 95.1 cm³/mol. The first-order chi connectivity index (χ1) is 12.2. The molecule has 2 atom stereocenters. The van der Waals surface area contributed by atoms with Crippen molar-refractivity contribution in [2.75, 3.05) is 19.6 Å². The molecule has 1 aromatic heterocycles. The summed E-state index contributed by atoms with van der Waals surface area (Å²) >= 11 is 0. The highest BCUT2D eigenvalue weighted by molar-refractivity contribution is 5.92. The fourth-order valence-electron chi connectivity index (χ4n) is 4.10. The van der Waals surface area contributed by atoms with E-state index in [-0.39, 0.29) is 5.91 Å². The molecule has 5 rings (SSSR count). The Hall–Kier alpha value is -2.14. The van der Waals surface area contributed by atoms with Crippen molar-refractivity contribution in [3.63, 3.8) is 0 Å². The van der Waals surface area contributed by atoms with Gasteiger partial charge in [0.15, 0.2) is 5.69 Å². The SMILES string of the molecule is CCc1cc(C(=O)N2C[C@@H]3CC[C@H](C2)N(Cc2ccccc2)C3)no1. The van der Waals surface area contributed by atoms with Gasteiger partial charge in [-0.05, 0) is 24.3 Å². The summed E-state index contributed by atoms with van der Waals surface area (Å²) in [6, 6.07) is 12.8. The highest BCUT2D eigenvalue weighted by Gasteiger charge is 2.37. The van der Waals surface area contributed by atoms with Crippen molar-refractivity contribution in [2.24, 2.45) is 5.92 Å². The first kappa shape index (κ1) is 16.3. The standard InChI is InChI=1S/C20H25N3O2/c1-2-18-10-19(21-25-18)20(24)23-13-16-8-9-17(14-23)22(12-16)11-15-6-4-3-5-7-15/h3-7,10,16-17H,2,8-9,11-14H2,1H3/t16-,17-/m1/s1. The average Bonchev–Trinajstić information content (AvgIpc) is 2.95. The Morgan fingerprint density at radius 2 is 2.04 bits per heavy atom. The van der Waals surface area contributed by atoms with Gasteiger partial charge in [-0.25, -0.2) is 0 Å². The topological polar surface area (TPSA) is 49.6 Å². The van der Waals surface area contributed by atoms with E-state index >= 15 is 0 Å². The predicted octanol–water partition coefficient (Wildman–Crippen LogP) is 2.97. The van der Waals surface area contributed by atoms with Gasteiger partial charge in [0.1, 0.15) is 5.76 Å². The lowest BCUT2D eigenvalue weighted by atomic mass is 9.94. The molecule has 25 heavy (non-hydrogen) atoms. The first-order valence-corrected chi connectivity index (χ1v) is 9.25. The molecule has 0 radical (unpaired) electrons. The minimum Gasteiger partial charge on any atom is -0.361 e. The van der Waals surface area contributed by atoms with Crippen molar-refractivity contribution in [3.8, 4) is 0 Å². The van der Waals surface area contributed by atoms with Gasteiger partial charge in [-0.3, -0.25) is 9.69 Å². The van der Waals surface area contributed by atoms with Crippen LogP contribution in [-0.4, -0.2) is 46.5 Å². The monoisotopic (exact) mass is 339 g/mol. The summed E-state index contributed by atoms with van der Waals surface area (Å²) in [6.45, 7) is 5.66. The Bertz CT molecular complexity index is 728. The van der Waals surface area contributed by atoms with Gasteiger partial charge in [0.05, 0.1) is 0 Å². The number of hydrogen-bond donors (Lipinski definition) is 0. The Labute approximate surface area is 148 Å². The minimum absolute atomic E-state index is 0.0157. The van der Waals surface area contributed by atoms with Crippen LogP contribution >= 0.6 is 0 Å². The van der Waals surface area contributed by atoms with Crippen LogP contribution in [0.1, 0.15) is 41.6 Å². The molecule has 4 heterocycles. The highest BCUT2D eigenvalue weighted by atomic mass is 16.5. The number of nitrogens with zero attached hydrogens (tertiary/aromatic N) is 3. The fourth-order valence-corrected chi connectivity index (χ4v) is 4.10. The highest BCUT2D eigenvalue weighted by Crippen LogP contribution is 2.30. The number of fused-ring (bicyclic) bond motifs is 4. The molecule has 0 N–H and O–H groups in total. The van der Waals surface area contributed by atoms with Crippen molar-refractivity contribution >= 4 is 5.91 Å². The van der Waals surface area contributed by atoms with Crippen LogP contribution in [0.2, 0.25) is 0 Å². The van der Waals surface area contributed by atoms with E-state index in [2.05, 4.69) is 40.4 Å². The molecule has 0 saturated carbocycles. The fraction of sp³-hybridized carbons (Fsp3) is 0.500. The minimum atomic E-state index is 0.0157. The van der Waals surface area contributed by atoms with E-state index in [1.54, 1.807) is 6.07 Å². The molecule has 3 saturated heterocycles. The average molecular weight is 339 g/mol. The smallest absolute Gasteiger partial charge is 0.276 e. The van der Waals surface area contributed by atoms with Crippen LogP contribution in [-0.2, 0) is 13.0 Å². The van der Waals surface area contributed by atoms with Gasteiger partial charge in [0.2, 0.25) is 0 Å². The van der Waals surface area contributed by atoms with Gasteiger partial charge < -0.3 is 9.42 Å². The normalized spacial score (nSPS) is 23.6. The first-order valence-electron chi connectivity index (χ1n) is 9.25. The van der Waals surface area contributed by atoms with E-state index in [1.165, 1.54) is 18.4 Å². The maximum atomic E-state index is 12.9. The third kappa shape index (κ3) is 3.47. The van der Waals surface area contributed by atoms with Gasteiger partial charge in [-0.1, -0.05) is 42.4 Å². The van der Waals surface area contributed by atoms with E-state index in [9.17, 15) is 4.79 Å². The third-order valence-electron chi connectivity index (χ3n) is 5.47. The number of carbonyl (C=O) groups excluding carboxylic acids is 1. The van der Waals surface area contributed by atoms with E-state index in [1.807, 2.05) is 11.8 Å². The number of piperidine rings is 1. The second-order valence-electron chi connectivity index (χ2n) is 7.25. The molecule has 2 bridgehead atoms. The number of aromatic nitrogens is 1. The number of benzene rings is 1. The Morgan fingerprint density at radius 1 is 1.20 bits per heavy atom. The molecule has 0 spiro atoms. The summed E-state index contributed by atoms with van der Waals surface area (Å²) in [5, 5.41) is 3.97. The van der Waals surface area contributed by atoms with Gasteiger partial charge >= 0.3 is 0 Å². The second-order valence-corrected chi connectivity index (χ2v) is 7.25. The zero-order valence-corrected chi connectivity index (χ0v) is 14.7.